The number of hydrogen-bond acceptors (Lipinski definition) is 2. The van der Waals surface area contributed by atoms with E-state index in [1.165, 1.54) is 6.07 Å². The highest BCUT2D eigenvalue weighted by Gasteiger charge is 2.39. The molecule has 0 amide bonds. The summed E-state index contributed by atoms with van der Waals surface area (Å²) < 4.78 is 26.2. The van der Waals surface area contributed by atoms with Crippen molar-refractivity contribution in [3.8, 4) is 0 Å². The van der Waals surface area contributed by atoms with Crippen LogP contribution in [0.1, 0.15) is 38.7 Å². The SMILES string of the molecule is CCC(CC)C(O)(CC(=O)O)c1ccc(F)c(F)c1. The van der Waals surface area contributed by atoms with Gasteiger partial charge in [0.15, 0.2) is 11.6 Å². The summed E-state index contributed by atoms with van der Waals surface area (Å²) in [7, 11) is 0. The van der Waals surface area contributed by atoms with E-state index in [4.69, 9.17) is 5.11 Å². The quantitative estimate of drug-likeness (QED) is 0.836. The number of carboxylic acid groups (broad SMARTS) is 1. The Morgan fingerprint density at radius 2 is 1.84 bits per heavy atom. The molecule has 3 nitrogen and oxygen atoms in total. The fraction of sp³-hybridized carbons (Fsp3) is 0.500. The maximum absolute atomic E-state index is 13.3. The molecule has 0 bridgehead atoms. The molecule has 0 aliphatic heterocycles. The molecule has 0 aliphatic carbocycles. The van der Waals surface area contributed by atoms with E-state index in [0.717, 1.165) is 12.1 Å². The number of rotatable bonds is 6. The van der Waals surface area contributed by atoms with Crippen LogP contribution in [0.25, 0.3) is 0 Å². The molecule has 5 heteroatoms. The van der Waals surface area contributed by atoms with Crippen LogP contribution in [0.5, 0.6) is 0 Å². The Morgan fingerprint density at radius 1 is 1.26 bits per heavy atom. The number of aliphatic carboxylic acids is 1. The van der Waals surface area contributed by atoms with Gasteiger partial charge in [-0.3, -0.25) is 4.79 Å². The standard InChI is InChI=1S/C14H18F2O3/c1-3-9(4-2)14(19,8-13(17)18)10-5-6-11(15)12(16)7-10/h5-7,9,19H,3-4,8H2,1-2H3,(H,17,18). The molecule has 0 radical (unpaired) electrons. The zero-order chi connectivity index (χ0) is 14.6. The van der Waals surface area contributed by atoms with Crippen molar-refractivity contribution in [2.75, 3.05) is 0 Å². The molecule has 0 spiro atoms. The molecular formula is C14H18F2O3. The average molecular weight is 272 g/mol. The van der Waals surface area contributed by atoms with Gasteiger partial charge in [-0.15, -0.1) is 0 Å². The smallest absolute Gasteiger partial charge is 0.306 e. The van der Waals surface area contributed by atoms with Crippen molar-refractivity contribution in [3.05, 3.63) is 35.4 Å². The Kier molecular flexibility index (Phi) is 5.00. The third kappa shape index (κ3) is 3.29. The number of carboxylic acids is 1. The lowest BCUT2D eigenvalue weighted by molar-refractivity contribution is -0.146. The molecule has 0 fully saturated rings. The summed E-state index contributed by atoms with van der Waals surface area (Å²) in [5, 5.41) is 19.6. The summed E-state index contributed by atoms with van der Waals surface area (Å²) in [6, 6.07) is 3.01. The van der Waals surface area contributed by atoms with Crippen LogP contribution in [0.3, 0.4) is 0 Å². The van der Waals surface area contributed by atoms with Crippen LogP contribution >= 0.6 is 0 Å². The Labute approximate surface area is 110 Å². The number of hydrogen-bond donors (Lipinski definition) is 2. The van der Waals surface area contributed by atoms with Gasteiger partial charge < -0.3 is 10.2 Å². The molecule has 0 saturated carbocycles. The second-order valence-electron chi connectivity index (χ2n) is 4.64. The molecule has 1 aromatic rings. The molecule has 106 valence electrons. The van der Waals surface area contributed by atoms with Crippen LogP contribution in [0.4, 0.5) is 8.78 Å². The third-order valence-electron chi connectivity index (χ3n) is 3.50. The number of benzene rings is 1. The average Bonchev–Trinajstić information content (AvgIpc) is 2.33. The van der Waals surface area contributed by atoms with Gasteiger partial charge in [0.25, 0.3) is 0 Å². The lowest BCUT2D eigenvalue weighted by atomic mass is 9.76. The normalized spacial score (nSPS) is 14.4. The van der Waals surface area contributed by atoms with Crippen LogP contribution in [-0.4, -0.2) is 16.2 Å². The lowest BCUT2D eigenvalue weighted by Gasteiger charge is -2.34. The topological polar surface area (TPSA) is 57.5 Å². The van der Waals surface area contributed by atoms with E-state index in [9.17, 15) is 18.7 Å². The van der Waals surface area contributed by atoms with E-state index < -0.39 is 29.6 Å². The van der Waals surface area contributed by atoms with Crippen LogP contribution < -0.4 is 0 Å². The van der Waals surface area contributed by atoms with Gasteiger partial charge in [0.2, 0.25) is 0 Å². The molecule has 1 unspecified atom stereocenters. The minimum atomic E-state index is -1.69. The number of carbonyl (C=O) groups is 1. The van der Waals surface area contributed by atoms with E-state index in [0.29, 0.717) is 12.8 Å². The Bertz CT molecular complexity index is 458. The summed E-state index contributed by atoms with van der Waals surface area (Å²) in [5.74, 6) is -3.63. The molecular weight excluding hydrogens is 254 g/mol. The highest BCUT2D eigenvalue weighted by Crippen LogP contribution is 2.37. The lowest BCUT2D eigenvalue weighted by Crippen LogP contribution is -2.37. The minimum Gasteiger partial charge on any atom is -0.481 e. The summed E-state index contributed by atoms with van der Waals surface area (Å²) in [4.78, 5) is 10.9. The predicted molar refractivity (Wildman–Crippen MR) is 66.6 cm³/mol. The highest BCUT2D eigenvalue weighted by molar-refractivity contribution is 5.68. The molecule has 0 saturated heterocycles. The Morgan fingerprint density at radius 3 is 2.26 bits per heavy atom. The van der Waals surface area contributed by atoms with Gasteiger partial charge in [-0.05, 0) is 23.6 Å². The molecule has 0 aromatic heterocycles. The molecule has 1 atom stereocenters. The summed E-state index contributed by atoms with van der Waals surface area (Å²) in [5.41, 5.74) is -1.59. The molecule has 1 aromatic carbocycles. The highest BCUT2D eigenvalue weighted by atomic mass is 19.2. The maximum Gasteiger partial charge on any atom is 0.306 e. The largest absolute Gasteiger partial charge is 0.481 e. The van der Waals surface area contributed by atoms with Crippen LogP contribution in [0.2, 0.25) is 0 Å². The second kappa shape index (κ2) is 6.10. The van der Waals surface area contributed by atoms with Gasteiger partial charge in [0.05, 0.1) is 6.42 Å². The molecule has 19 heavy (non-hydrogen) atoms. The minimum absolute atomic E-state index is 0.0995. The Balaban J connectivity index is 3.29. The molecule has 0 aliphatic rings. The van der Waals surface area contributed by atoms with E-state index >= 15 is 0 Å². The van der Waals surface area contributed by atoms with Crippen molar-refractivity contribution in [2.45, 2.75) is 38.7 Å². The molecule has 0 heterocycles. The number of halogens is 2. The van der Waals surface area contributed by atoms with Gasteiger partial charge >= 0.3 is 5.97 Å². The van der Waals surface area contributed by atoms with Gasteiger partial charge in [-0.2, -0.15) is 0 Å². The first-order chi connectivity index (χ1) is 8.85. The van der Waals surface area contributed by atoms with E-state index in [-0.39, 0.29) is 11.5 Å². The van der Waals surface area contributed by atoms with Crippen molar-refractivity contribution >= 4 is 5.97 Å². The first-order valence-corrected chi connectivity index (χ1v) is 6.24. The van der Waals surface area contributed by atoms with Gasteiger partial charge in [-0.25, -0.2) is 8.78 Å². The third-order valence-corrected chi connectivity index (χ3v) is 3.50. The van der Waals surface area contributed by atoms with E-state index in [2.05, 4.69) is 0 Å². The first kappa shape index (κ1) is 15.6. The van der Waals surface area contributed by atoms with Gasteiger partial charge in [0, 0.05) is 0 Å². The summed E-state index contributed by atoms with van der Waals surface area (Å²) in [6.07, 6.45) is 0.545. The zero-order valence-corrected chi connectivity index (χ0v) is 11.0. The fourth-order valence-electron chi connectivity index (χ4n) is 2.44. The second-order valence-corrected chi connectivity index (χ2v) is 4.64. The van der Waals surface area contributed by atoms with Crippen molar-refractivity contribution in [2.24, 2.45) is 5.92 Å². The maximum atomic E-state index is 13.3. The van der Waals surface area contributed by atoms with Gasteiger partial charge in [-0.1, -0.05) is 32.8 Å². The van der Waals surface area contributed by atoms with Gasteiger partial charge in [0.1, 0.15) is 5.60 Å². The molecule has 1 rings (SSSR count). The van der Waals surface area contributed by atoms with Crippen molar-refractivity contribution in [1.29, 1.82) is 0 Å². The summed E-state index contributed by atoms with van der Waals surface area (Å²) >= 11 is 0. The van der Waals surface area contributed by atoms with Crippen LogP contribution in [0.15, 0.2) is 18.2 Å². The Hall–Kier alpha value is -1.49. The van der Waals surface area contributed by atoms with Crippen molar-refractivity contribution in [1.82, 2.24) is 0 Å². The zero-order valence-electron chi connectivity index (χ0n) is 11.0. The predicted octanol–water partition coefficient (Wildman–Crippen LogP) is 3.06. The fourth-order valence-corrected chi connectivity index (χ4v) is 2.44. The van der Waals surface area contributed by atoms with Crippen molar-refractivity contribution in [3.63, 3.8) is 0 Å². The first-order valence-electron chi connectivity index (χ1n) is 6.24. The van der Waals surface area contributed by atoms with Crippen LogP contribution in [0, 0.1) is 17.6 Å². The van der Waals surface area contributed by atoms with E-state index in [1.807, 2.05) is 13.8 Å². The van der Waals surface area contributed by atoms with Crippen molar-refractivity contribution < 1.29 is 23.8 Å². The summed E-state index contributed by atoms with van der Waals surface area (Å²) in [6.45, 7) is 3.64. The van der Waals surface area contributed by atoms with E-state index in [1.54, 1.807) is 0 Å². The molecule has 2 N–H and O–H groups in total. The monoisotopic (exact) mass is 272 g/mol. The van der Waals surface area contributed by atoms with Crippen LogP contribution in [-0.2, 0) is 10.4 Å². The number of aliphatic hydroxyl groups is 1.